The molecule has 1 N–H and O–H groups in total. The van der Waals surface area contributed by atoms with Gasteiger partial charge in [0.05, 0.1) is 6.10 Å². The van der Waals surface area contributed by atoms with Crippen molar-refractivity contribution >= 4 is 0 Å². The van der Waals surface area contributed by atoms with Gasteiger partial charge in [-0.1, -0.05) is 0 Å². The van der Waals surface area contributed by atoms with Gasteiger partial charge in [0.25, 0.3) is 0 Å². The van der Waals surface area contributed by atoms with Gasteiger partial charge in [0.1, 0.15) is 6.23 Å². The summed E-state index contributed by atoms with van der Waals surface area (Å²) >= 11 is 0. The smallest absolute Gasteiger partial charge is 0.110 e. The molecule has 0 aliphatic carbocycles. The van der Waals surface area contributed by atoms with Crippen molar-refractivity contribution in [3.05, 3.63) is 0 Å². The summed E-state index contributed by atoms with van der Waals surface area (Å²) in [6, 6.07) is 0.739. The first-order valence-electron chi connectivity index (χ1n) is 5.35. The molecule has 2 heterocycles. The van der Waals surface area contributed by atoms with Gasteiger partial charge in [0.15, 0.2) is 0 Å². The Morgan fingerprint density at radius 3 is 2.92 bits per heavy atom. The zero-order valence-corrected chi connectivity index (χ0v) is 8.62. The highest BCUT2D eigenvalue weighted by Crippen LogP contribution is 2.21. The summed E-state index contributed by atoms with van der Waals surface area (Å²) in [5.74, 6) is 0. The van der Waals surface area contributed by atoms with Gasteiger partial charge in [-0.3, -0.25) is 5.32 Å². The second kappa shape index (κ2) is 3.95. The van der Waals surface area contributed by atoms with Crippen molar-refractivity contribution in [3.8, 4) is 0 Å². The molecule has 0 radical (unpaired) electrons. The molecule has 0 spiro atoms. The standard InChI is InChI=1S/C10H20N2O/c1-8-7-11-10(13-8)6-9-4-3-5-12(9)2/h8-11H,3-7H2,1-2H3. The van der Waals surface area contributed by atoms with Crippen molar-refractivity contribution in [3.63, 3.8) is 0 Å². The highest BCUT2D eigenvalue weighted by atomic mass is 16.5. The number of nitrogens with zero attached hydrogens (tertiary/aromatic N) is 1. The molecular formula is C10H20N2O. The zero-order chi connectivity index (χ0) is 9.26. The molecule has 2 saturated heterocycles. The van der Waals surface area contributed by atoms with E-state index in [0.717, 1.165) is 19.0 Å². The van der Waals surface area contributed by atoms with Crippen molar-refractivity contribution in [1.82, 2.24) is 10.2 Å². The van der Waals surface area contributed by atoms with Gasteiger partial charge >= 0.3 is 0 Å². The third kappa shape index (κ3) is 2.22. The molecule has 0 aromatic carbocycles. The maximum atomic E-state index is 5.73. The van der Waals surface area contributed by atoms with Gasteiger partial charge in [-0.15, -0.1) is 0 Å². The van der Waals surface area contributed by atoms with Gasteiger partial charge in [-0.25, -0.2) is 0 Å². The van der Waals surface area contributed by atoms with Crippen LogP contribution in [0.2, 0.25) is 0 Å². The maximum absolute atomic E-state index is 5.73. The van der Waals surface area contributed by atoms with Crippen LogP contribution in [0, 0.1) is 0 Å². The number of hydrogen-bond donors (Lipinski definition) is 1. The van der Waals surface area contributed by atoms with Gasteiger partial charge in [0, 0.05) is 19.0 Å². The predicted molar refractivity (Wildman–Crippen MR) is 52.6 cm³/mol. The van der Waals surface area contributed by atoms with E-state index in [1.54, 1.807) is 0 Å². The summed E-state index contributed by atoms with van der Waals surface area (Å²) < 4.78 is 5.73. The Morgan fingerprint density at radius 1 is 1.54 bits per heavy atom. The third-order valence-corrected chi connectivity index (χ3v) is 3.19. The fourth-order valence-electron chi connectivity index (χ4n) is 2.34. The van der Waals surface area contributed by atoms with E-state index >= 15 is 0 Å². The summed E-state index contributed by atoms with van der Waals surface area (Å²) in [4.78, 5) is 2.45. The highest BCUT2D eigenvalue weighted by molar-refractivity contribution is 4.81. The lowest BCUT2D eigenvalue weighted by molar-refractivity contribution is 0.0326. The molecular weight excluding hydrogens is 164 g/mol. The van der Waals surface area contributed by atoms with Crippen LogP contribution in [0.4, 0.5) is 0 Å². The lowest BCUT2D eigenvalue weighted by Gasteiger charge is -2.22. The SMILES string of the molecule is CC1CNC(CC2CCCN2C)O1. The monoisotopic (exact) mass is 184 g/mol. The third-order valence-electron chi connectivity index (χ3n) is 3.19. The van der Waals surface area contributed by atoms with Crippen LogP contribution in [-0.4, -0.2) is 43.4 Å². The largest absolute Gasteiger partial charge is 0.359 e. The lowest BCUT2D eigenvalue weighted by Crippen LogP contribution is -2.33. The fraction of sp³-hybridized carbons (Fsp3) is 1.00. The molecule has 2 fully saturated rings. The number of ether oxygens (including phenoxy) is 1. The van der Waals surface area contributed by atoms with E-state index in [9.17, 15) is 0 Å². The van der Waals surface area contributed by atoms with E-state index in [1.165, 1.54) is 19.4 Å². The number of likely N-dealkylation sites (tertiary alicyclic amines) is 1. The number of nitrogens with one attached hydrogen (secondary N) is 1. The average Bonchev–Trinajstić information content (AvgIpc) is 2.64. The zero-order valence-electron chi connectivity index (χ0n) is 8.62. The van der Waals surface area contributed by atoms with E-state index < -0.39 is 0 Å². The molecule has 2 rings (SSSR count). The predicted octanol–water partition coefficient (Wildman–Crippen LogP) is 0.805. The molecule has 0 aromatic rings. The Bertz CT molecular complexity index is 174. The van der Waals surface area contributed by atoms with E-state index in [2.05, 4.69) is 24.2 Å². The second-order valence-electron chi connectivity index (χ2n) is 4.36. The minimum absolute atomic E-state index is 0.306. The lowest BCUT2D eigenvalue weighted by atomic mass is 10.1. The van der Waals surface area contributed by atoms with Crippen LogP contribution in [0.5, 0.6) is 0 Å². The van der Waals surface area contributed by atoms with Crippen LogP contribution in [0.15, 0.2) is 0 Å². The molecule has 0 saturated carbocycles. The van der Waals surface area contributed by atoms with Crippen LogP contribution >= 0.6 is 0 Å². The molecule has 13 heavy (non-hydrogen) atoms. The first-order chi connectivity index (χ1) is 6.25. The van der Waals surface area contributed by atoms with Crippen LogP contribution in [0.3, 0.4) is 0 Å². The molecule has 3 heteroatoms. The molecule has 2 aliphatic rings. The first-order valence-corrected chi connectivity index (χ1v) is 5.35. The minimum atomic E-state index is 0.306. The Morgan fingerprint density at radius 2 is 2.38 bits per heavy atom. The van der Waals surface area contributed by atoms with Crippen molar-refractivity contribution < 1.29 is 4.74 Å². The van der Waals surface area contributed by atoms with E-state index in [1.807, 2.05) is 0 Å². The molecule has 0 aromatic heterocycles. The summed E-state index contributed by atoms with van der Waals surface area (Å²) in [7, 11) is 2.22. The fourth-order valence-corrected chi connectivity index (χ4v) is 2.34. The van der Waals surface area contributed by atoms with Crippen molar-refractivity contribution in [2.24, 2.45) is 0 Å². The van der Waals surface area contributed by atoms with Crippen molar-refractivity contribution in [1.29, 1.82) is 0 Å². The molecule has 0 amide bonds. The Kier molecular flexibility index (Phi) is 2.86. The van der Waals surface area contributed by atoms with Gasteiger partial charge < -0.3 is 9.64 Å². The second-order valence-corrected chi connectivity index (χ2v) is 4.36. The van der Waals surface area contributed by atoms with Crippen LogP contribution < -0.4 is 5.32 Å². The van der Waals surface area contributed by atoms with Crippen LogP contribution in [0.25, 0.3) is 0 Å². The Hall–Kier alpha value is -0.120. The number of hydrogen-bond acceptors (Lipinski definition) is 3. The normalized spacial score (nSPS) is 41.5. The van der Waals surface area contributed by atoms with Crippen LogP contribution in [0.1, 0.15) is 26.2 Å². The van der Waals surface area contributed by atoms with Gasteiger partial charge in [-0.05, 0) is 33.4 Å². The highest BCUT2D eigenvalue weighted by Gasteiger charge is 2.28. The summed E-state index contributed by atoms with van der Waals surface area (Å²) in [5, 5.41) is 3.40. The van der Waals surface area contributed by atoms with Gasteiger partial charge in [-0.2, -0.15) is 0 Å². The van der Waals surface area contributed by atoms with Crippen molar-refractivity contribution in [2.45, 2.75) is 44.6 Å². The minimum Gasteiger partial charge on any atom is -0.359 e. The quantitative estimate of drug-likeness (QED) is 0.687. The molecule has 3 nitrogen and oxygen atoms in total. The molecule has 76 valence electrons. The topological polar surface area (TPSA) is 24.5 Å². The van der Waals surface area contributed by atoms with E-state index in [-0.39, 0.29) is 0 Å². The van der Waals surface area contributed by atoms with Crippen LogP contribution in [-0.2, 0) is 4.74 Å². The molecule has 3 unspecified atom stereocenters. The van der Waals surface area contributed by atoms with E-state index in [4.69, 9.17) is 4.74 Å². The van der Waals surface area contributed by atoms with E-state index in [0.29, 0.717) is 12.3 Å². The summed E-state index contributed by atoms with van der Waals surface area (Å²) in [5.41, 5.74) is 0. The molecule has 0 bridgehead atoms. The summed E-state index contributed by atoms with van der Waals surface area (Å²) in [6.07, 6.45) is 4.55. The summed E-state index contributed by atoms with van der Waals surface area (Å²) in [6.45, 7) is 4.40. The Balaban J connectivity index is 1.77. The maximum Gasteiger partial charge on any atom is 0.110 e. The van der Waals surface area contributed by atoms with Gasteiger partial charge in [0.2, 0.25) is 0 Å². The molecule has 3 atom stereocenters. The average molecular weight is 184 g/mol. The first kappa shape index (κ1) is 9.44. The Labute approximate surface area is 80.4 Å². The van der Waals surface area contributed by atoms with Crippen molar-refractivity contribution in [2.75, 3.05) is 20.1 Å². The molecule has 2 aliphatic heterocycles. The number of rotatable bonds is 2.